The van der Waals surface area contributed by atoms with Crippen molar-refractivity contribution in [2.75, 3.05) is 23.3 Å². The summed E-state index contributed by atoms with van der Waals surface area (Å²) in [6, 6.07) is 4.02. The number of pyridine rings is 2. The number of aromatic nitrogens is 2. The average Bonchev–Trinajstić information content (AvgIpc) is 2.73. The van der Waals surface area contributed by atoms with Gasteiger partial charge in [-0.25, -0.2) is 9.97 Å². The molecule has 3 rings (SSSR count). The fraction of sp³-hybridized carbons (Fsp3) is 0.429. The Labute approximate surface area is 182 Å². The standard InChI is InChI=1S/C21H22ClF3N4O2/c1-2-19(31)28-18-9-14(5-6-26-18)17(30)8-13-4-3-7-29(12-13)20-16(22)10-15(11-27-20)21(23,24)25/h5-6,9-11,13H,2-4,7-8,12H2,1H3,(H,26,28,31)/t13-/m1/s1. The molecule has 10 heteroatoms. The van der Waals surface area contributed by atoms with Crippen LogP contribution < -0.4 is 10.2 Å². The number of rotatable bonds is 6. The van der Waals surface area contributed by atoms with E-state index in [0.717, 1.165) is 25.1 Å². The van der Waals surface area contributed by atoms with Gasteiger partial charge in [0, 0.05) is 43.9 Å². The first-order chi connectivity index (χ1) is 14.7. The van der Waals surface area contributed by atoms with E-state index in [1.807, 2.05) is 4.90 Å². The number of alkyl halides is 3. The smallest absolute Gasteiger partial charge is 0.355 e. The van der Waals surface area contributed by atoms with Gasteiger partial charge in [0.15, 0.2) is 5.78 Å². The number of hydrogen-bond acceptors (Lipinski definition) is 5. The van der Waals surface area contributed by atoms with Crippen molar-refractivity contribution in [2.24, 2.45) is 5.92 Å². The molecule has 1 aliphatic rings. The quantitative estimate of drug-likeness (QED) is 0.622. The number of nitrogens with zero attached hydrogens (tertiary/aromatic N) is 3. The van der Waals surface area contributed by atoms with E-state index < -0.39 is 11.7 Å². The molecule has 1 saturated heterocycles. The molecule has 1 aliphatic heterocycles. The zero-order valence-electron chi connectivity index (χ0n) is 16.9. The van der Waals surface area contributed by atoms with Crippen LogP contribution in [-0.4, -0.2) is 34.7 Å². The largest absolute Gasteiger partial charge is 0.417 e. The lowest BCUT2D eigenvalue weighted by molar-refractivity contribution is -0.137. The van der Waals surface area contributed by atoms with Crippen LogP contribution in [0.3, 0.4) is 0 Å². The molecule has 1 N–H and O–H groups in total. The highest BCUT2D eigenvalue weighted by atomic mass is 35.5. The van der Waals surface area contributed by atoms with Crippen molar-refractivity contribution in [2.45, 2.75) is 38.8 Å². The molecule has 0 spiro atoms. The van der Waals surface area contributed by atoms with E-state index >= 15 is 0 Å². The Bertz CT molecular complexity index is 968. The zero-order valence-corrected chi connectivity index (χ0v) is 17.6. The highest BCUT2D eigenvalue weighted by Crippen LogP contribution is 2.35. The van der Waals surface area contributed by atoms with Crippen LogP contribution in [0.5, 0.6) is 0 Å². The first-order valence-corrected chi connectivity index (χ1v) is 10.3. The van der Waals surface area contributed by atoms with Gasteiger partial charge in [0.25, 0.3) is 0 Å². The Hall–Kier alpha value is -2.68. The van der Waals surface area contributed by atoms with Crippen LogP contribution in [0, 0.1) is 5.92 Å². The number of nitrogens with one attached hydrogen (secondary N) is 1. The van der Waals surface area contributed by atoms with Crippen LogP contribution in [0.2, 0.25) is 5.02 Å². The highest BCUT2D eigenvalue weighted by Gasteiger charge is 2.32. The minimum atomic E-state index is -4.51. The summed E-state index contributed by atoms with van der Waals surface area (Å²) in [4.78, 5) is 34.1. The van der Waals surface area contributed by atoms with E-state index in [-0.39, 0.29) is 29.1 Å². The van der Waals surface area contributed by atoms with E-state index in [1.165, 1.54) is 6.20 Å². The molecule has 0 unspecified atom stereocenters. The fourth-order valence-corrected chi connectivity index (χ4v) is 3.81. The van der Waals surface area contributed by atoms with Crippen molar-refractivity contribution >= 4 is 34.9 Å². The molecule has 166 valence electrons. The van der Waals surface area contributed by atoms with Gasteiger partial charge in [0.05, 0.1) is 10.6 Å². The summed E-state index contributed by atoms with van der Waals surface area (Å²) in [7, 11) is 0. The lowest BCUT2D eigenvalue weighted by Crippen LogP contribution is -2.37. The molecule has 1 atom stereocenters. The van der Waals surface area contributed by atoms with E-state index in [2.05, 4.69) is 15.3 Å². The predicted molar refractivity (Wildman–Crippen MR) is 111 cm³/mol. The predicted octanol–water partition coefficient (Wildman–Crippen LogP) is 4.99. The van der Waals surface area contributed by atoms with Crippen LogP contribution in [0.1, 0.15) is 48.5 Å². The highest BCUT2D eigenvalue weighted by molar-refractivity contribution is 6.33. The molecular formula is C21H22ClF3N4O2. The second-order valence-corrected chi connectivity index (χ2v) is 7.85. The SMILES string of the molecule is CCC(=O)Nc1cc(C(=O)C[C@H]2CCCN(c3ncc(C(F)(F)F)cc3Cl)C2)ccn1. The van der Waals surface area contributed by atoms with Gasteiger partial charge in [-0.05, 0) is 37.0 Å². The second-order valence-electron chi connectivity index (χ2n) is 7.44. The summed E-state index contributed by atoms with van der Waals surface area (Å²) in [6.45, 7) is 2.79. The normalized spacial score (nSPS) is 16.8. The number of carbonyl (C=O) groups excluding carboxylic acids is 2. The lowest BCUT2D eigenvalue weighted by atomic mass is 9.91. The summed E-state index contributed by atoms with van der Waals surface area (Å²) in [5, 5.41) is 2.56. The molecule has 0 saturated carbocycles. The minimum Gasteiger partial charge on any atom is -0.355 e. The van der Waals surface area contributed by atoms with Crippen molar-refractivity contribution < 1.29 is 22.8 Å². The van der Waals surface area contributed by atoms with Gasteiger partial charge in [-0.2, -0.15) is 13.2 Å². The molecule has 6 nitrogen and oxygen atoms in total. The molecule has 0 aliphatic carbocycles. The molecule has 1 amide bonds. The summed E-state index contributed by atoms with van der Waals surface area (Å²) in [5.41, 5.74) is -0.446. The number of piperidine rings is 1. The maximum absolute atomic E-state index is 12.8. The number of hydrogen-bond donors (Lipinski definition) is 1. The molecule has 1 fully saturated rings. The molecule has 0 bridgehead atoms. The van der Waals surface area contributed by atoms with Gasteiger partial charge in [-0.15, -0.1) is 0 Å². The third kappa shape index (κ3) is 5.94. The number of Topliss-reactive ketones (excluding diaryl/α,β-unsaturated/α-hetero) is 1. The molecule has 3 heterocycles. The Morgan fingerprint density at radius 1 is 1.29 bits per heavy atom. The third-order valence-electron chi connectivity index (χ3n) is 5.11. The van der Waals surface area contributed by atoms with Crippen molar-refractivity contribution in [1.82, 2.24) is 9.97 Å². The van der Waals surface area contributed by atoms with Gasteiger partial charge < -0.3 is 10.2 Å². The molecule has 31 heavy (non-hydrogen) atoms. The average molecular weight is 455 g/mol. The molecule has 0 radical (unpaired) electrons. The molecule has 0 aromatic carbocycles. The molecule has 2 aromatic rings. The van der Waals surface area contributed by atoms with Crippen LogP contribution >= 0.6 is 11.6 Å². The number of carbonyl (C=O) groups is 2. The monoisotopic (exact) mass is 454 g/mol. The summed E-state index contributed by atoms with van der Waals surface area (Å²) in [5.74, 6) is 0.334. The summed E-state index contributed by atoms with van der Waals surface area (Å²) in [6.07, 6.45) is -0.114. The Morgan fingerprint density at radius 2 is 2.06 bits per heavy atom. The molecule has 2 aromatic heterocycles. The Balaban J connectivity index is 1.67. The Kier molecular flexibility index (Phi) is 7.15. The van der Waals surface area contributed by atoms with Gasteiger partial charge in [0.2, 0.25) is 5.91 Å². The first-order valence-electron chi connectivity index (χ1n) is 9.94. The van der Waals surface area contributed by atoms with Crippen molar-refractivity contribution in [1.29, 1.82) is 0 Å². The third-order valence-corrected chi connectivity index (χ3v) is 5.39. The Morgan fingerprint density at radius 3 is 2.74 bits per heavy atom. The topological polar surface area (TPSA) is 75.2 Å². The van der Waals surface area contributed by atoms with Crippen LogP contribution in [0.25, 0.3) is 0 Å². The fourth-order valence-electron chi connectivity index (χ4n) is 3.53. The number of amides is 1. The summed E-state index contributed by atoms with van der Waals surface area (Å²) >= 11 is 6.08. The van der Waals surface area contributed by atoms with Crippen LogP contribution in [0.15, 0.2) is 30.6 Å². The molecular weight excluding hydrogens is 433 g/mol. The number of halogens is 4. The van der Waals surface area contributed by atoms with Gasteiger partial charge >= 0.3 is 6.18 Å². The van der Waals surface area contributed by atoms with Crippen LogP contribution in [-0.2, 0) is 11.0 Å². The first kappa shape index (κ1) is 23.0. The maximum atomic E-state index is 12.8. The van der Waals surface area contributed by atoms with E-state index in [9.17, 15) is 22.8 Å². The van der Waals surface area contributed by atoms with E-state index in [1.54, 1.807) is 19.1 Å². The minimum absolute atomic E-state index is 0.00302. The zero-order chi connectivity index (χ0) is 22.6. The number of anilines is 2. The summed E-state index contributed by atoms with van der Waals surface area (Å²) < 4.78 is 38.5. The van der Waals surface area contributed by atoms with E-state index in [4.69, 9.17) is 11.6 Å². The van der Waals surface area contributed by atoms with Crippen molar-refractivity contribution in [3.05, 3.63) is 46.7 Å². The van der Waals surface area contributed by atoms with Crippen molar-refractivity contribution in [3.8, 4) is 0 Å². The second kappa shape index (κ2) is 9.64. The van der Waals surface area contributed by atoms with Gasteiger partial charge in [0.1, 0.15) is 11.6 Å². The number of ketones is 1. The van der Waals surface area contributed by atoms with Crippen molar-refractivity contribution in [3.63, 3.8) is 0 Å². The lowest BCUT2D eigenvalue weighted by Gasteiger charge is -2.34. The van der Waals surface area contributed by atoms with E-state index in [0.29, 0.717) is 36.7 Å². The maximum Gasteiger partial charge on any atom is 0.417 e. The van der Waals surface area contributed by atoms with Gasteiger partial charge in [-0.1, -0.05) is 18.5 Å². The van der Waals surface area contributed by atoms with Crippen LogP contribution in [0.4, 0.5) is 24.8 Å². The van der Waals surface area contributed by atoms with Gasteiger partial charge in [-0.3, -0.25) is 9.59 Å².